The number of ketones is 1. The smallest absolute Gasteiger partial charge is 0.275 e. The second-order valence-electron chi connectivity index (χ2n) is 7.51. The normalized spacial score (nSPS) is 10.6. The molecule has 178 valence electrons. The number of Topliss-reactive ketones (excluding diaryl/α,β-unsaturated/α-hetero) is 1. The molecule has 0 radical (unpaired) electrons. The summed E-state index contributed by atoms with van der Waals surface area (Å²) in [5.41, 5.74) is 1.72. The molecule has 2 aromatic heterocycles. The van der Waals surface area contributed by atoms with Crippen molar-refractivity contribution in [3.63, 3.8) is 0 Å². The largest absolute Gasteiger partial charge is 0.493 e. The number of carbonyl (C=O) groups excluding carboxylic acids is 2. The van der Waals surface area contributed by atoms with Gasteiger partial charge in [0, 0.05) is 35.4 Å². The van der Waals surface area contributed by atoms with Crippen LogP contribution < -0.4 is 14.8 Å². The minimum absolute atomic E-state index is 0.0142. The maximum Gasteiger partial charge on any atom is 0.275 e. The van der Waals surface area contributed by atoms with Crippen molar-refractivity contribution in [3.8, 4) is 17.2 Å². The molecule has 0 spiro atoms. The predicted molar refractivity (Wildman–Crippen MR) is 129 cm³/mol. The monoisotopic (exact) mass is 492 g/mol. The van der Waals surface area contributed by atoms with E-state index in [0.29, 0.717) is 22.0 Å². The highest BCUT2D eigenvalue weighted by Crippen LogP contribution is 2.36. The lowest BCUT2D eigenvalue weighted by Crippen LogP contribution is -2.15. The number of ether oxygens (including phenoxy) is 2. The van der Waals surface area contributed by atoms with Crippen LogP contribution in [0.15, 0.2) is 60.4 Å². The number of aromatic nitrogens is 3. The first kappa shape index (κ1) is 24.0. The molecule has 0 saturated carbocycles. The minimum Gasteiger partial charge on any atom is -0.493 e. The van der Waals surface area contributed by atoms with Crippen molar-refractivity contribution >= 4 is 28.7 Å². The van der Waals surface area contributed by atoms with Gasteiger partial charge in [-0.2, -0.15) is 0 Å². The summed E-state index contributed by atoms with van der Waals surface area (Å²) in [6, 6.07) is 9.10. The molecular weight excluding hydrogens is 471 g/mol. The molecule has 0 aliphatic carbocycles. The number of aryl methyl sites for hydroxylation is 1. The summed E-state index contributed by atoms with van der Waals surface area (Å²) >= 11 is 1.39. The maximum absolute atomic E-state index is 14.5. The first-order valence-electron chi connectivity index (χ1n) is 10.6. The topological polar surface area (TPSA) is 103 Å². The average Bonchev–Trinajstić information content (AvgIpc) is 3.35. The Labute approximate surface area is 204 Å². The zero-order valence-electron chi connectivity index (χ0n) is 18.9. The fourth-order valence-electron chi connectivity index (χ4n) is 3.24. The number of amides is 1. The molecule has 1 N–H and O–H groups in total. The predicted octanol–water partition coefficient (Wildman–Crippen LogP) is 4.79. The standard InChI is InChI=1S/C25H21FN4O4S/c1-15-13-29-20(14-28-15)25(32)30-17-6-7-21(34-24-19(26)4-3-5-22(24)33-2)16(10-17)11-18(31)12-23-27-8-9-35-23/h3-10,13-14H,11-12H2,1-2H3,(H,30,32). The van der Waals surface area contributed by atoms with Gasteiger partial charge in [0.05, 0.1) is 30.4 Å². The number of hydrogen-bond acceptors (Lipinski definition) is 8. The molecule has 0 aliphatic heterocycles. The van der Waals surface area contributed by atoms with Gasteiger partial charge >= 0.3 is 0 Å². The third kappa shape index (κ3) is 6.04. The van der Waals surface area contributed by atoms with Crippen LogP contribution in [0.3, 0.4) is 0 Å². The van der Waals surface area contributed by atoms with Gasteiger partial charge in [0.2, 0.25) is 5.75 Å². The van der Waals surface area contributed by atoms with E-state index in [1.807, 2.05) is 0 Å². The van der Waals surface area contributed by atoms with E-state index in [0.717, 1.165) is 0 Å². The van der Waals surface area contributed by atoms with E-state index in [1.54, 1.807) is 42.8 Å². The zero-order chi connectivity index (χ0) is 24.8. The Hall–Kier alpha value is -4.18. The van der Waals surface area contributed by atoms with Crippen molar-refractivity contribution < 1.29 is 23.5 Å². The van der Waals surface area contributed by atoms with E-state index in [4.69, 9.17) is 9.47 Å². The molecule has 0 aliphatic rings. The lowest BCUT2D eigenvalue weighted by molar-refractivity contribution is -0.117. The van der Waals surface area contributed by atoms with Crippen molar-refractivity contribution in [2.45, 2.75) is 19.8 Å². The number of nitrogens with zero attached hydrogens (tertiary/aromatic N) is 3. The number of anilines is 1. The van der Waals surface area contributed by atoms with E-state index in [2.05, 4.69) is 20.3 Å². The first-order chi connectivity index (χ1) is 16.9. The van der Waals surface area contributed by atoms with Crippen LogP contribution in [0.4, 0.5) is 10.1 Å². The maximum atomic E-state index is 14.5. The fourth-order valence-corrected chi connectivity index (χ4v) is 3.89. The zero-order valence-corrected chi connectivity index (χ0v) is 19.8. The second-order valence-corrected chi connectivity index (χ2v) is 8.49. The van der Waals surface area contributed by atoms with Crippen LogP contribution in [0.5, 0.6) is 17.2 Å². The van der Waals surface area contributed by atoms with Crippen molar-refractivity contribution in [1.29, 1.82) is 0 Å². The highest BCUT2D eigenvalue weighted by molar-refractivity contribution is 7.09. The number of methoxy groups -OCH3 is 1. The van der Waals surface area contributed by atoms with E-state index in [1.165, 1.54) is 43.0 Å². The van der Waals surface area contributed by atoms with Crippen LogP contribution in [0.1, 0.15) is 26.8 Å². The van der Waals surface area contributed by atoms with Gasteiger partial charge in [-0.15, -0.1) is 11.3 Å². The van der Waals surface area contributed by atoms with Crippen molar-refractivity contribution in [3.05, 3.63) is 88.1 Å². The Balaban J connectivity index is 1.62. The molecule has 1 amide bonds. The number of para-hydroxylation sites is 1. The summed E-state index contributed by atoms with van der Waals surface area (Å²) in [5, 5.41) is 5.23. The molecule has 2 aromatic carbocycles. The first-order valence-corrected chi connectivity index (χ1v) is 11.4. The Morgan fingerprint density at radius 3 is 2.63 bits per heavy atom. The van der Waals surface area contributed by atoms with Gasteiger partial charge in [-0.3, -0.25) is 14.6 Å². The van der Waals surface area contributed by atoms with Crippen LogP contribution >= 0.6 is 11.3 Å². The number of rotatable bonds is 9. The molecular formula is C25H21FN4O4S. The third-order valence-electron chi connectivity index (χ3n) is 4.91. The summed E-state index contributed by atoms with van der Waals surface area (Å²) in [5.74, 6) is -0.815. The van der Waals surface area contributed by atoms with E-state index < -0.39 is 11.7 Å². The Bertz CT molecular complexity index is 1340. The van der Waals surface area contributed by atoms with Gasteiger partial charge in [-0.05, 0) is 37.3 Å². The van der Waals surface area contributed by atoms with Gasteiger partial charge in [0.15, 0.2) is 11.6 Å². The number of benzene rings is 2. The average molecular weight is 493 g/mol. The molecule has 2 heterocycles. The molecule has 0 atom stereocenters. The molecule has 0 unspecified atom stereocenters. The summed E-state index contributed by atoms with van der Waals surface area (Å²) in [6.45, 7) is 1.77. The van der Waals surface area contributed by atoms with E-state index in [-0.39, 0.29) is 41.6 Å². The molecule has 4 aromatic rings. The van der Waals surface area contributed by atoms with Crippen molar-refractivity contribution in [1.82, 2.24) is 15.0 Å². The number of thiazole rings is 1. The molecule has 8 nitrogen and oxygen atoms in total. The number of halogens is 1. The van der Waals surface area contributed by atoms with Gasteiger partial charge in [0.25, 0.3) is 5.91 Å². The Morgan fingerprint density at radius 1 is 1.06 bits per heavy atom. The molecule has 0 fully saturated rings. The van der Waals surface area contributed by atoms with E-state index >= 15 is 0 Å². The van der Waals surface area contributed by atoms with Crippen molar-refractivity contribution in [2.24, 2.45) is 0 Å². The lowest BCUT2D eigenvalue weighted by Gasteiger charge is -2.15. The van der Waals surface area contributed by atoms with Crippen LogP contribution in [0.2, 0.25) is 0 Å². The van der Waals surface area contributed by atoms with Crippen LogP contribution in [0.25, 0.3) is 0 Å². The highest BCUT2D eigenvalue weighted by atomic mass is 32.1. The minimum atomic E-state index is -0.611. The summed E-state index contributed by atoms with van der Waals surface area (Å²) < 4.78 is 25.6. The van der Waals surface area contributed by atoms with Gasteiger partial charge in [-0.25, -0.2) is 14.4 Å². The van der Waals surface area contributed by atoms with Crippen LogP contribution in [0, 0.1) is 12.7 Å². The fraction of sp³-hybridized carbons (Fsp3) is 0.160. The van der Waals surface area contributed by atoms with Crippen molar-refractivity contribution in [2.75, 3.05) is 12.4 Å². The molecule has 0 bridgehead atoms. The molecule has 35 heavy (non-hydrogen) atoms. The SMILES string of the molecule is COc1cccc(F)c1Oc1ccc(NC(=O)c2cnc(C)cn2)cc1CC(=O)Cc1nccs1. The molecule has 0 saturated heterocycles. The van der Waals surface area contributed by atoms with Gasteiger partial charge in [0.1, 0.15) is 17.2 Å². The quantitative estimate of drug-likeness (QED) is 0.358. The van der Waals surface area contributed by atoms with Crippen LogP contribution in [-0.4, -0.2) is 33.8 Å². The van der Waals surface area contributed by atoms with Crippen LogP contribution in [-0.2, 0) is 17.6 Å². The molecule has 10 heteroatoms. The number of hydrogen-bond donors (Lipinski definition) is 1. The number of nitrogens with one attached hydrogen (secondary N) is 1. The highest BCUT2D eigenvalue weighted by Gasteiger charge is 2.18. The Kier molecular flexibility index (Phi) is 7.41. The van der Waals surface area contributed by atoms with Gasteiger partial charge < -0.3 is 14.8 Å². The summed E-state index contributed by atoms with van der Waals surface area (Å²) in [7, 11) is 1.41. The second kappa shape index (κ2) is 10.8. The van der Waals surface area contributed by atoms with Gasteiger partial charge in [-0.1, -0.05) is 6.07 Å². The molecule has 4 rings (SSSR count). The summed E-state index contributed by atoms with van der Waals surface area (Å²) in [6.07, 6.45) is 4.65. The Morgan fingerprint density at radius 2 is 1.91 bits per heavy atom. The van der Waals surface area contributed by atoms with E-state index in [9.17, 15) is 14.0 Å². The number of carbonyl (C=O) groups is 2. The lowest BCUT2D eigenvalue weighted by atomic mass is 10.0. The summed E-state index contributed by atoms with van der Waals surface area (Å²) in [4.78, 5) is 37.7. The third-order valence-corrected chi connectivity index (χ3v) is 5.69.